The molecule has 20 heavy (non-hydrogen) atoms. The van der Waals surface area contributed by atoms with Gasteiger partial charge < -0.3 is 21.0 Å². The average Bonchev–Trinajstić information content (AvgIpc) is 2.45. The van der Waals surface area contributed by atoms with Crippen LogP contribution in [0.1, 0.15) is 25.8 Å². The third-order valence-electron chi connectivity index (χ3n) is 3.44. The number of nitrogens with two attached hydrogens (primary N) is 1. The summed E-state index contributed by atoms with van der Waals surface area (Å²) < 4.78 is 0. The van der Waals surface area contributed by atoms with Gasteiger partial charge in [0.15, 0.2) is 0 Å². The Bertz CT molecular complexity index is 445. The number of carbonyl (C=O) groups excluding carboxylic acids is 2. The molecule has 0 aromatic heterocycles. The lowest BCUT2D eigenvalue weighted by Gasteiger charge is -2.21. The molecule has 1 amide bonds. The molecule has 0 bridgehead atoms. The number of amides is 1. The molecule has 1 rings (SSSR count). The van der Waals surface area contributed by atoms with E-state index in [1.165, 1.54) is 0 Å². The van der Waals surface area contributed by atoms with E-state index in [1.807, 2.05) is 13.8 Å². The lowest BCUT2D eigenvalue weighted by atomic mass is 9.99. The van der Waals surface area contributed by atoms with Gasteiger partial charge in [0.1, 0.15) is 12.0 Å². The molecule has 0 unspecified atom stereocenters. The smallest absolute Gasteiger partial charge is 0.237 e. The Morgan fingerprint density at radius 3 is 2.50 bits per heavy atom. The summed E-state index contributed by atoms with van der Waals surface area (Å²) in [5.74, 6) is -0.0858. The molecule has 0 radical (unpaired) electrons. The van der Waals surface area contributed by atoms with Crippen molar-refractivity contribution < 1.29 is 14.7 Å². The number of phenols is 1. The van der Waals surface area contributed by atoms with Crippen molar-refractivity contribution in [3.63, 3.8) is 0 Å². The quantitative estimate of drug-likeness (QED) is 0.649. The van der Waals surface area contributed by atoms with Crippen molar-refractivity contribution in [3.05, 3.63) is 29.8 Å². The number of carbonyl (C=O) groups is 2. The fourth-order valence-corrected chi connectivity index (χ4v) is 1.81. The highest BCUT2D eigenvalue weighted by molar-refractivity contribution is 5.84. The molecule has 1 aromatic rings. The molecule has 0 aliphatic heterocycles. The largest absolute Gasteiger partial charge is 0.508 e. The summed E-state index contributed by atoms with van der Waals surface area (Å²) in [6.07, 6.45) is 1.91. The molecule has 0 aliphatic carbocycles. The number of aldehydes is 1. The van der Waals surface area contributed by atoms with E-state index in [0.717, 1.165) is 18.3 Å². The van der Waals surface area contributed by atoms with Crippen LogP contribution in [0.4, 0.5) is 0 Å². The first kappa shape index (κ1) is 16.2. The molecule has 0 spiro atoms. The summed E-state index contributed by atoms with van der Waals surface area (Å²) >= 11 is 0. The first-order valence-electron chi connectivity index (χ1n) is 6.77. The van der Waals surface area contributed by atoms with Crippen LogP contribution in [0.2, 0.25) is 0 Å². The van der Waals surface area contributed by atoms with E-state index in [1.54, 1.807) is 24.3 Å². The maximum absolute atomic E-state index is 12.0. The van der Waals surface area contributed by atoms with Crippen LogP contribution in [0.5, 0.6) is 5.75 Å². The highest BCUT2D eigenvalue weighted by atomic mass is 16.3. The van der Waals surface area contributed by atoms with E-state index in [4.69, 9.17) is 5.73 Å². The molecule has 110 valence electrons. The van der Waals surface area contributed by atoms with Crippen LogP contribution in [0, 0.1) is 5.92 Å². The van der Waals surface area contributed by atoms with E-state index in [9.17, 15) is 14.7 Å². The van der Waals surface area contributed by atoms with Crippen molar-refractivity contribution in [1.29, 1.82) is 0 Å². The summed E-state index contributed by atoms with van der Waals surface area (Å²) in [4.78, 5) is 22.9. The van der Waals surface area contributed by atoms with Crippen LogP contribution >= 0.6 is 0 Å². The summed E-state index contributed by atoms with van der Waals surface area (Å²) in [6, 6.07) is 5.31. The van der Waals surface area contributed by atoms with Gasteiger partial charge in [0.25, 0.3) is 0 Å². The Morgan fingerprint density at radius 1 is 1.40 bits per heavy atom. The summed E-state index contributed by atoms with van der Waals surface area (Å²) in [7, 11) is 0. The van der Waals surface area contributed by atoms with Gasteiger partial charge >= 0.3 is 0 Å². The monoisotopic (exact) mass is 278 g/mol. The summed E-state index contributed by atoms with van der Waals surface area (Å²) in [5, 5.41) is 11.9. The maximum Gasteiger partial charge on any atom is 0.237 e. The molecule has 5 nitrogen and oxygen atoms in total. The van der Waals surface area contributed by atoms with Crippen LogP contribution < -0.4 is 11.1 Å². The van der Waals surface area contributed by atoms with Crippen molar-refractivity contribution in [1.82, 2.24) is 5.32 Å². The van der Waals surface area contributed by atoms with Crippen molar-refractivity contribution in [3.8, 4) is 5.75 Å². The SMILES string of the molecule is CC[C@H](C)[C@@H](C=O)NC(=O)[C@@H](N)Cc1ccc(O)cc1. The second-order valence-corrected chi connectivity index (χ2v) is 5.03. The minimum Gasteiger partial charge on any atom is -0.508 e. The minimum absolute atomic E-state index is 0.0809. The van der Waals surface area contributed by atoms with Gasteiger partial charge in [-0.3, -0.25) is 4.79 Å². The fourth-order valence-electron chi connectivity index (χ4n) is 1.81. The number of nitrogens with one attached hydrogen (secondary N) is 1. The van der Waals surface area contributed by atoms with E-state index in [0.29, 0.717) is 6.42 Å². The predicted octanol–water partition coefficient (Wildman–Crippen LogP) is 0.992. The van der Waals surface area contributed by atoms with Gasteiger partial charge in [0, 0.05) is 0 Å². The van der Waals surface area contributed by atoms with Crippen LogP contribution in [-0.2, 0) is 16.0 Å². The number of hydrogen-bond donors (Lipinski definition) is 3. The zero-order valence-electron chi connectivity index (χ0n) is 11.9. The number of rotatable bonds is 7. The van der Waals surface area contributed by atoms with Gasteiger partial charge in [0.2, 0.25) is 5.91 Å². The molecule has 0 fully saturated rings. The minimum atomic E-state index is -0.717. The van der Waals surface area contributed by atoms with Crippen molar-refractivity contribution >= 4 is 12.2 Å². The Kier molecular flexibility index (Phi) is 6.18. The molecule has 0 heterocycles. The lowest BCUT2D eigenvalue weighted by molar-refractivity contribution is -0.125. The summed E-state index contributed by atoms with van der Waals surface area (Å²) in [5.41, 5.74) is 6.70. The molecular weight excluding hydrogens is 256 g/mol. The zero-order chi connectivity index (χ0) is 15.1. The Hall–Kier alpha value is -1.88. The number of benzene rings is 1. The number of aromatic hydroxyl groups is 1. The number of phenolic OH excluding ortho intramolecular Hbond substituents is 1. The molecule has 0 saturated carbocycles. The predicted molar refractivity (Wildman–Crippen MR) is 77.2 cm³/mol. The first-order valence-corrected chi connectivity index (χ1v) is 6.77. The van der Waals surface area contributed by atoms with E-state index in [2.05, 4.69) is 5.32 Å². The highest BCUT2D eigenvalue weighted by Gasteiger charge is 2.21. The normalized spacial score (nSPS) is 15.2. The highest BCUT2D eigenvalue weighted by Crippen LogP contribution is 2.11. The van der Waals surface area contributed by atoms with Crippen molar-refractivity contribution in [2.24, 2.45) is 11.7 Å². The Morgan fingerprint density at radius 2 is 2.00 bits per heavy atom. The van der Waals surface area contributed by atoms with Crippen molar-refractivity contribution in [2.45, 2.75) is 38.8 Å². The number of hydrogen-bond acceptors (Lipinski definition) is 4. The van der Waals surface area contributed by atoms with Crippen LogP contribution in [-0.4, -0.2) is 29.4 Å². The van der Waals surface area contributed by atoms with Gasteiger partial charge in [0.05, 0.1) is 12.1 Å². The van der Waals surface area contributed by atoms with E-state index >= 15 is 0 Å². The van der Waals surface area contributed by atoms with Crippen LogP contribution in [0.25, 0.3) is 0 Å². The second kappa shape index (κ2) is 7.65. The third-order valence-corrected chi connectivity index (χ3v) is 3.44. The molecule has 0 aliphatic rings. The van der Waals surface area contributed by atoms with Gasteiger partial charge in [-0.15, -0.1) is 0 Å². The zero-order valence-corrected chi connectivity index (χ0v) is 11.9. The molecule has 0 saturated heterocycles. The Labute approximate surface area is 119 Å². The lowest BCUT2D eigenvalue weighted by Crippen LogP contribution is -2.49. The topological polar surface area (TPSA) is 92.4 Å². The van der Waals surface area contributed by atoms with Crippen molar-refractivity contribution in [2.75, 3.05) is 0 Å². The fraction of sp³-hybridized carbons (Fsp3) is 0.467. The van der Waals surface area contributed by atoms with E-state index in [-0.39, 0.29) is 17.6 Å². The maximum atomic E-state index is 12.0. The Balaban J connectivity index is 2.58. The average molecular weight is 278 g/mol. The molecule has 3 atom stereocenters. The van der Waals surface area contributed by atoms with Gasteiger partial charge in [-0.25, -0.2) is 0 Å². The van der Waals surface area contributed by atoms with Gasteiger partial charge in [-0.1, -0.05) is 32.4 Å². The van der Waals surface area contributed by atoms with Gasteiger partial charge in [-0.2, -0.15) is 0 Å². The molecule has 1 aromatic carbocycles. The summed E-state index contributed by atoms with van der Waals surface area (Å²) in [6.45, 7) is 3.87. The molecule has 4 N–H and O–H groups in total. The van der Waals surface area contributed by atoms with Gasteiger partial charge in [-0.05, 0) is 30.0 Å². The first-order chi connectivity index (χ1) is 9.47. The third kappa shape index (κ3) is 4.66. The standard InChI is InChI=1S/C15H22N2O3/c1-3-10(2)14(9-18)17-15(20)13(16)8-11-4-6-12(19)7-5-11/h4-7,9-10,13-14,19H,3,8,16H2,1-2H3,(H,17,20)/t10-,13-,14+/m0/s1. The van der Waals surface area contributed by atoms with Crippen LogP contribution in [0.15, 0.2) is 24.3 Å². The molecule has 5 heteroatoms. The van der Waals surface area contributed by atoms with E-state index < -0.39 is 12.1 Å². The van der Waals surface area contributed by atoms with Crippen LogP contribution in [0.3, 0.4) is 0 Å². The molecular formula is C15H22N2O3. The second-order valence-electron chi connectivity index (χ2n) is 5.03.